The van der Waals surface area contributed by atoms with Gasteiger partial charge in [-0.05, 0) is 22.9 Å². The summed E-state index contributed by atoms with van der Waals surface area (Å²) in [5, 5.41) is 7.76. The van der Waals surface area contributed by atoms with Gasteiger partial charge in [0.25, 0.3) is 5.91 Å². The molecule has 0 radical (unpaired) electrons. The van der Waals surface area contributed by atoms with E-state index in [1.54, 1.807) is 6.07 Å². The molecule has 0 unspecified atom stereocenters. The van der Waals surface area contributed by atoms with Crippen molar-refractivity contribution in [1.82, 2.24) is 14.8 Å². The Morgan fingerprint density at radius 2 is 2.39 bits per heavy atom. The van der Waals surface area contributed by atoms with Gasteiger partial charge in [0, 0.05) is 18.1 Å². The van der Waals surface area contributed by atoms with Crippen LogP contribution in [0.5, 0.6) is 5.75 Å². The summed E-state index contributed by atoms with van der Waals surface area (Å²) in [4.78, 5) is 13.4. The summed E-state index contributed by atoms with van der Waals surface area (Å²) < 4.78 is 9.04. The quantitative estimate of drug-likeness (QED) is 0.845. The van der Waals surface area contributed by atoms with Crippen LogP contribution >= 0.6 is 11.5 Å². The summed E-state index contributed by atoms with van der Waals surface area (Å²) in [6, 6.07) is 5.48. The van der Waals surface area contributed by atoms with E-state index in [0.717, 1.165) is 17.1 Å². The molecule has 1 aromatic heterocycles. The molecule has 1 amide bonds. The van der Waals surface area contributed by atoms with E-state index < -0.39 is 0 Å². The Labute approximate surface area is 106 Å². The third kappa shape index (κ3) is 1.71. The second-order valence-corrected chi connectivity index (χ2v) is 4.38. The van der Waals surface area contributed by atoms with Crippen LogP contribution in [0.2, 0.25) is 0 Å². The van der Waals surface area contributed by atoms with Crippen LogP contribution in [0.15, 0.2) is 18.2 Å². The molecule has 18 heavy (non-hydrogen) atoms. The molecule has 0 atom stereocenters. The topological polar surface area (TPSA) is 94.2 Å². The molecule has 8 heteroatoms. The molecule has 0 spiro atoms. The molecule has 0 aliphatic carbocycles. The molecule has 0 saturated carbocycles. The van der Waals surface area contributed by atoms with Gasteiger partial charge in [-0.2, -0.15) is 0 Å². The van der Waals surface area contributed by atoms with Crippen molar-refractivity contribution >= 4 is 28.3 Å². The highest BCUT2D eigenvalue weighted by atomic mass is 32.1. The largest absolute Gasteiger partial charge is 0.482 e. The van der Waals surface area contributed by atoms with Crippen LogP contribution in [-0.2, 0) is 11.3 Å². The van der Waals surface area contributed by atoms with E-state index in [-0.39, 0.29) is 12.5 Å². The second-order valence-electron chi connectivity index (χ2n) is 3.67. The fourth-order valence-electron chi connectivity index (χ4n) is 1.75. The molecule has 7 nitrogen and oxygen atoms in total. The lowest BCUT2D eigenvalue weighted by Crippen LogP contribution is -2.35. The number of amides is 1. The highest BCUT2D eigenvalue weighted by Gasteiger charge is 2.29. The molecular formula is C10H9N5O2S. The van der Waals surface area contributed by atoms with Crippen LogP contribution in [-0.4, -0.2) is 27.3 Å². The van der Waals surface area contributed by atoms with Crippen molar-refractivity contribution in [2.45, 2.75) is 6.54 Å². The van der Waals surface area contributed by atoms with Crippen molar-refractivity contribution in [2.75, 3.05) is 11.5 Å². The third-order valence-corrected chi connectivity index (χ3v) is 3.16. The number of aromatic nitrogens is 3. The zero-order valence-electron chi connectivity index (χ0n) is 9.24. The van der Waals surface area contributed by atoms with Gasteiger partial charge in [-0.3, -0.25) is 4.79 Å². The number of carbonyl (C=O) groups excluding carboxylic acids is 1. The van der Waals surface area contributed by atoms with Gasteiger partial charge >= 0.3 is 0 Å². The number of carbonyl (C=O) groups is 1. The van der Waals surface area contributed by atoms with E-state index in [2.05, 4.69) is 14.8 Å². The van der Waals surface area contributed by atoms with E-state index in [1.807, 2.05) is 12.1 Å². The Kier molecular flexibility index (Phi) is 2.65. The number of nitrogens with two attached hydrogens (primary N) is 1. The van der Waals surface area contributed by atoms with Crippen LogP contribution in [0.1, 0.15) is 5.56 Å². The minimum atomic E-state index is -0.199. The highest BCUT2D eigenvalue weighted by molar-refractivity contribution is 7.09. The Hall–Kier alpha value is -2.06. The molecule has 0 saturated heterocycles. The predicted octanol–water partition coefficient (Wildman–Crippen LogP) is 0.449. The summed E-state index contributed by atoms with van der Waals surface area (Å²) in [5.74, 6) is 0.428. The van der Waals surface area contributed by atoms with Crippen LogP contribution in [0.25, 0.3) is 0 Å². The first-order valence-corrected chi connectivity index (χ1v) is 6.00. The minimum Gasteiger partial charge on any atom is -0.482 e. The minimum absolute atomic E-state index is 0.0193. The van der Waals surface area contributed by atoms with Gasteiger partial charge < -0.3 is 10.5 Å². The van der Waals surface area contributed by atoms with Gasteiger partial charge in [-0.25, -0.2) is 4.90 Å². The maximum atomic E-state index is 11.9. The van der Waals surface area contributed by atoms with Crippen molar-refractivity contribution in [3.8, 4) is 5.75 Å². The molecule has 0 bridgehead atoms. The Morgan fingerprint density at radius 3 is 3.11 bits per heavy atom. The van der Waals surface area contributed by atoms with Crippen molar-refractivity contribution in [2.24, 2.45) is 5.73 Å². The number of hydrogen-bond donors (Lipinski definition) is 1. The second kappa shape index (κ2) is 4.31. The maximum Gasteiger partial charge on any atom is 0.271 e. The first-order valence-electron chi connectivity index (χ1n) is 5.23. The smallest absolute Gasteiger partial charge is 0.271 e. The molecular weight excluding hydrogens is 254 g/mol. The van der Waals surface area contributed by atoms with Gasteiger partial charge in [0.2, 0.25) is 5.13 Å². The number of ether oxygens (including phenoxy) is 1. The van der Waals surface area contributed by atoms with Gasteiger partial charge in [-0.15, -0.1) is 0 Å². The summed E-state index contributed by atoms with van der Waals surface area (Å²) in [6.07, 6.45) is 0. The van der Waals surface area contributed by atoms with Crippen molar-refractivity contribution < 1.29 is 9.53 Å². The fraction of sp³-hybridized carbons (Fsp3) is 0.200. The van der Waals surface area contributed by atoms with E-state index in [4.69, 9.17) is 10.5 Å². The highest BCUT2D eigenvalue weighted by Crippen LogP contribution is 2.37. The van der Waals surface area contributed by atoms with Crippen LogP contribution in [0, 0.1) is 0 Å². The average molecular weight is 263 g/mol. The van der Waals surface area contributed by atoms with Gasteiger partial charge in [0.1, 0.15) is 5.75 Å². The number of anilines is 2. The molecule has 3 rings (SSSR count). The lowest BCUT2D eigenvalue weighted by Gasteiger charge is -2.27. The zero-order chi connectivity index (χ0) is 12.5. The molecule has 1 aliphatic rings. The van der Waals surface area contributed by atoms with Crippen molar-refractivity contribution in [3.63, 3.8) is 0 Å². The first-order chi connectivity index (χ1) is 8.79. The Balaban J connectivity index is 2.13. The monoisotopic (exact) mass is 263 g/mol. The predicted molar refractivity (Wildman–Crippen MR) is 64.7 cm³/mol. The number of benzene rings is 1. The molecule has 92 valence electrons. The SMILES string of the molecule is NCc1ccc2c(c1)N(c1nnns1)C(=O)CO2. The number of nitrogens with zero attached hydrogens (tertiary/aromatic N) is 4. The van der Waals surface area contributed by atoms with Crippen LogP contribution in [0.4, 0.5) is 10.8 Å². The van der Waals surface area contributed by atoms with E-state index >= 15 is 0 Å². The number of rotatable bonds is 2. The lowest BCUT2D eigenvalue weighted by molar-refractivity contribution is -0.120. The Bertz CT molecular complexity index is 586. The molecule has 1 aliphatic heterocycles. The standard InChI is InChI=1S/C10H9N5O2S/c11-4-6-1-2-8-7(3-6)15(9(16)5-17-8)10-12-13-14-18-10/h1-3H,4-5,11H2. The van der Waals surface area contributed by atoms with Crippen molar-refractivity contribution in [3.05, 3.63) is 23.8 Å². The fourth-order valence-corrected chi connectivity index (χ4v) is 2.25. The third-order valence-electron chi connectivity index (χ3n) is 2.58. The molecule has 2 N–H and O–H groups in total. The van der Waals surface area contributed by atoms with E-state index in [0.29, 0.717) is 23.1 Å². The zero-order valence-corrected chi connectivity index (χ0v) is 10.1. The van der Waals surface area contributed by atoms with Crippen molar-refractivity contribution in [1.29, 1.82) is 0 Å². The first kappa shape index (κ1) is 11.1. The number of fused-ring (bicyclic) bond motifs is 1. The summed E-state index contributed by atoms with van der Waals surface area (Å²) in [5.41, 5.74) is 7.14. The molecule has 0 fully saturated rings. The Morgan fingerprint density at radius 1 is 1.50 bits per heavy atom. The number of hydrogen-bond acceptors (Lipinski definition) is 7. The van der Waals surface area contributed by atoms with E-state index in [1.165, 1.54) is 4.90 Å². The summed E-state index contributed by atoms with van der Waals surface area (Å²) in [7, 11) is 0. The average Bonchev–Trinajstić information content (AvgIpc) is 2.91. The normalized spacial score (nSPS) is 14.3. The van der Waals surface area contributed by atoms with Gasteiger partial charge in [0.05, 0.1) is 5.69 Å². The lowest BCUT2D eigenvalue weighted by atomic mass is 10.1. The van der Waals surface area contributed by atoms with Crippen LogP contribution in [0.3, 0.4) is 0 Å². The molecule has 2 aromatic rings. The van der Waals surface area contributed by atoms with E-state index in [9.17, 15) is 4.79 Å². The molecule has 1 aromatic carbocycles. The summed E-state index contributed by atoms with van der Waals surface area (Å²) >= 11 is 1.06. The summed E-state index contributed by atoms with van der Waals surface area (Å²) in [6.45, 7) is 0.373. The maximum absolute atomic E-state index is 11.9. The van der Waals surface area contributed by atoms with Gasteiger partial charge in [-0.1, -0.05) is 15.7 Å². The van der Waals surface area contributed by atoms with Gasteiger partial charge in [0.15, 0.2) is 6.61 Å². The molecule has 2 heterocycles. The van der Waals surface area contributed by atoms with Crippen LogP contribution < -0.4 is 15.4 Å².